The van der Waals surface area contributed by atoms with E-state index in [1.165, 1.54) is 28.9 Å². The summed E-state index contributed by atoms with van der Waals surface area (Å²) in [6.45, 7) is 1.59. The fourth-order valence-corrected chi connectivity index (χ4v) is 3.26. The fraction of sp³-hybridized carbons (Fsp3) is 0.0417. The van der Waals surface area contributed by atoms with Crippen molar-refractivity contribution >= 4 is 28.7 Å². The number of carbonyl (C=O) groups excluding carboxylic acids is 1. The van der Waals surface area contributed by atoms with E-state index in [0.29, 0.717) is 11.4 Å². The summed E-state index contributed by atoms with van der Waals surface area (Å²) >= 11 is 0. The van der Waals surface area contributed by atoms with Crippen LogP contribution in [0.25, 0.3) is 5.69 Å². The second-order valence-electron chi connectivity index (χ2n) is 7.18. The van der Waals surface area contributed by atoms with Gasteiger partial charge in [0.25, 0.3) is 11.6 Å². The van der Waals surface area contributed by atoms with E-state index < -0.39 is 16.3 Å². The molecule has 9 nitrogen and oxygen atoms in total. The Balaban J connectivity index is 1.58. The molecule has 1 amide bonds. The first kappa shape index (κ1) is 21.4. The zero-order valence-corrected chi connectivity index (χ0v) is 17.6. The number of amides is 1. The molecule has 4 aromatic rings. The van der Waals surface area contributed by atoms with Crippen molar-refractivity contribution in [1.82, 2.24) is 9.78 Å². The third-order valence-corrected chi connectivity index (χ3v) is 4.83. The van der Waals surface area contributed by atoms with Gasteiger partial charge in [-0.15, -0.1) is 0 Å². The van der Waals surface area contributed by atoms with Crippen LogP contribution >= 0.6 is 0 Å². The van der Waals surface area contributed by atoms with Crippen molar-refractivity contribution in [3.8, 4) is 5.69 Å². The zero-order chi connectivity index (χ0) is 23.4. The minimum absolute atomic E-state index is 0.158. The van der Waals surface area contributed by atoms with Crippen molar-refractivity contribution in [2.75, 3.05) is 10.6 Å². The van der Waals surface area contributed by atoms with Crippen LogP contribution in [0.15, 0.2) is 89.7 Å². The number of hydrogen-bond donors (Lipinski definition) is 2. The van der Waals surface area contributed by atoms with Crippen LogP contribution in [0.2, 0.25) is 0 Å². The molecule has 0 aliphatic rings. The van der Waals surface area contributed by atoms with Crippen molar-refractivity contribution < 1.29 is 9.72 Å². The van der Waals surface area contributed by atoms with Gasteiger partial charge >= 0.3 is 0 Å². The van der Waals surface area contributed by atoms with Crippen molar-refractivity contribution in [2.45, 2.75) is 6.92 Å². The number of hydrogen-bond acceptors (Lipinski definition) is 6. The van der Waals surface area contributed by atoms with E-state index in [1.807, 2.05) is 30.3 Å². The molecule has 0 radical (unpaired) electrons. The van der Waals surface area contributed by atoms with Gasteiger partial charge in [0.05, 0.1) is 4.92 Å². The smallest absolute Gasteiger partial charge is 0.294 e. The number of aromatic nitrogens is 2. The standard InChI is InChI=1S/C24H19N5O4/c1-16-15-22(30)23(27-28(16)20-9-5-6-10-21(20)29(32)33)24(31)26-19-13-11-18(12-14-19)25-17-7-3-2-4-8-17/h2-15,25H,1H3,(H,26,31). The Morgan fingerprint density at radius 3 is 2.21 bits per heavy atom. The van der Waals surface area contributed by atoms with E-state index in [4.69, 9.17) is 0 Å². The summed E-state index contributed by atoms with van der Waals surface area (Å²) in [5.74, 6) is -0.712. The van der Waals surface area contributed by atoms with Gasteiger partial charge < -0.3 is 10.6 Å². The monoisotopic (exact) mass is 441 g/mol. The van der Waals surface area contributed by atoms with Gasteiger partial charge in [0, 0.05) is 34.9 Å². The van der Waals surface area contributed by atoms with E-state index in [-0.39, 0.29) is 17.1 Å². The molecule has 0 bridgehead atoms. The Labute approximate surface area is 188 Å². The molecule has 2 N–H and O–H groups in total. The number of nitro benzene ring substituents is 1. The second-order valence-corrected chi connectivity index (χ2v) is 7.18. The van der Waals surface area contributed by atoms with Gasteiger partial charge in [-0.3, -0.25) is 19.7 Å². The molecule has 9 heteroatoms. The maximum Gasteiger partial charge on any atom is 0.294 e. The number of carbonyl (C=O) groups is 1. The highest BCUT2D eigenvalue weighted by Crippen LogP contribution is 2.22. The molecule has 4 rings (SSSR count). The summed E-state index contributed by atoms with van der Waals surface area (Å²) in [5, 5.41) is 21.4. The maximum atomic E-state index is 12.8. The van der Waals surface area contributed by atoms with Crippen LogP contribution in [0.3, 0.4) is 0 Å². The van der Waals surface area contributed by atoms with Gasteiger partial charge in [0.1, 0.15) is 5.69 Å². The summed E-state index contributed by atoms with van der Waals surface area (Å²) in [5.41, 5.74) is 1.60. The minimum atomic E-state index is -0.712. The molecule has 0 saturated carbocycles. The molecular formula is C24H19N5O4. The molecule has 0 unspecified atom stereocenters. The lowest BCUT2D eigenvalue weighted by Gasteiger charge is -2.12. The summed E-state index contributed by atoms with van der Waals surface area (Å²) in [6, 6.07) is 23.8. The fourth-order valence-electron chi connectivity index (χ4n) is 3.26. The van der Waals surface area contributed by atoms with Crippen molar-refractivity contribution in [3.63, 3.8) is 0 Å². The molecule has 1 heterocycles. The van der Waals surface area contributed by atoms with Crippen LogP contribution in [0.1, 0.15) is 16.2 Å². The molecule has 0 aliphatic carbocycles. The van der Waals surface area contributed by atoms with Crippen LogP contribution in [0.5, 0.6) is 0 Å². The SMILES string of the molecule is Cc1cc(=O)c(C(=O)Nc2ccc(Nc3ccccc3)cc2)nn1-c1ccccc1[N+](=O)[O-]. The summed E-state index contributed by atoms with van der Waals surface area (Å²) in [4.78, 5) is 36.1. The molecule has 3 aromatic carbocycles. The van der Waals surface area contributed by atoms with Gasteiger partial charge in [-0.1, -0.05) is 30.3 Å². The summed E-state index contributed by atoms with van der Waals surface area (Å²) < 4.78 is 1.22. The number of aryl methyl sites for hydroxylation is 1. The lowest BCUT2D eigenvalue weighted by atomic mass is 10.2. The lowest BCUT2D eigenvalue weighted by Crippen LogP contribution is -2.27. The van der Waals surface area contributed by atoms with Crippen molar-refractivity contribution in [3.05, 3.63) is 117 Å². The molecule has 164 valence electrons. The third kappa shape index (κ3) is 4.77. The highest BCUT2D eigenvalue weighted by molar-refractivity contribution is 6.02. The maximum absolute atomic E-state index is 12.8. The molecule has 33 heavy (non-hydrogen) atoms. The number of nitrogens with one attached hydrogen (secondary N) is 2. The zero-order valence-electron chi connectivity index (χ0n) is 17.6. The highest BCUT2D eigenvalue weighted by atomic mass is 16.6. The summed E-state index contributed by atoms with van der Waals surface area (Å²) in [7, 11) is 0. The average molecular weight is 441 g/mol. The van der Waals surface area contributed by atoms with E-state index >= 15 is 0 Å². The van der Waals surface area contributed by atoms with Crippen LogP contribution in [-0.4, -0.2) is 20.6 Å². The highest BCUT2D eigenvalue weighted by Gasteiger charge is 2.20. The minimum Gasteiger partial charge on any atom is -0.356 e. The third-order valence-electron chi connectivity index (χ3n) is 4.83. The first-order valence-electron chi connectivity index (χ1n) is 10.0. The molecular weight excluding hydrogens is 422 g/mol. The van der Waals surface area contributed by atoms with Gasteiger partial charge in [-0.05, 0) is 49.4 Å². The van der Waals surface area contributed by atoms with Gasteiger partial charge in [-0.25, -0.2) is 4.68 Å². The number of nitro groups is 1. The molecule has 1 aromatic heterocycles. The van der Waals surface area contributed by atoms with Crippen molar-refractivity contribution in [2.24, 2.45) is 0 Å². The van der Waals surface area contributed by atoms with Crippen molar-refractivity contribution in [1.29, 1.82) is 0 Å². The van der Waals surface area contributed by atoms with Crippen LogP contribution in [0, 0.1) is 17.0 Å². The summed E-state index contributed by atoms with van der Waals surface area (Å²) in [6.07, 6.45) is 0. The van der Waals surface area contributed by atoms with Gasteiger partial charge in [0.15, 0.2) is 5.69 Å². The Hall–Kier alpha value is -4.79. The normalized spacial score (nSPS) is 10.5. The Kier molecular flexibility index (Phi) is 5.94. The van der Waals surface area contributed by atoms with E-state index in [1.54, 1.807) is 37.3 Å². The largest absolute Gasteiger partial charge is 0.356 e. The van der Waals surface area contributed by atoms with Gasteiger partial charge in [-0.2, -0.15) is 5.10 Å². The number of benzene rings is 3. The molecule has 0 spiro atoms. The topological polar surface area (TPSA) is 119 Å². The second kappa shape index (κ2) is 9.15. The number of anilines is 3. The Bertz CT molecular complexity index is 1380. The molecule has 0 saturated heterocycles. The molecule has 0 fully saturated rings. The van der Waals surface area contributed by atoms with E-state index in [9.17, 15) is 19.7 Å². The first-order valence-corrected chi connectivity index (χ1v) is 10.0. The number of nitrogens with zero attached hydrogens (tertiary/aromatic N) is 3. The number of rotatable bonds is 6. The number of para-hydroxylation sites is 3. The quantitative estimate of drug-likeness (QED) is 0.337. The lowest BCUT2D eigenvalue weighted by molar-refractivity contribution is -0.384. The van der Waals surface area contributed by atoms with E-state index in [0.717, 1.165) is 11.4 Å². The van der Waals surface area contributed by atoms with Crippen LogP contribution < -0.4 is 16.1 Å². The Morgan fingerprint density at radius 2 is 1.52 bits per heavy atom. The predicted octanol–water partition coefficient (Wildman–Crippen LogP) is 4.45. The van der Waals surface area contributed by atoms with Crippen LogP contribution in [0.4, 0.5) is 22.7 Å². The predicted molar refractivity (Wildman–Crippen MR) is 125 cm³/mol. The van der Waals surface area contributed by atoms with E-state index in [2.05, 4.69) is 15.7 Å². The molecule has 0 atom stereocenters. The van der Waals surface area contributed by atoms with Gasteiger partial charge in [0.2, 0.25) is 5.43 Å². The van der Waals surface area contributed by atoms with Crippen LogP contribution in [-0.2, 0) is 0 Å². The first-order chi connectivity index (χ1) is 15.9. The Morgan fingerprint density at radius 1 is 0.909 bits per heavy atom. The molecule has 0 aliphatic heterocycles. The average Bonchev–Trinajstić information content (AvgIpc) is 2.81.